The Labute approximate surface area is 92.1 Å². The molecule has 0 amide bonds. The van der Waals surface area contributed by atoms with Gasteiger partial charge >= 0.3 is 0 Å². The fourth-order valence-corrected chi connectivity index (χ4v) is 1.87. The average Bonchev–Trinajstić information content (AvgIpc) is 2.01. The molecule has 0 aliphatic carbocycles. The number of benzene rings is 1. The standard InChI is InChI=1S/C11H14BrFO/c1-8(14)3-2-4-9-5-10(12)7-11(13)6-9/h5-8,14H,2-4H2,1H3. The second-order valence-corrected chi connectivity index (χ2v) is 4.43. The van der Waals surface area contributed by atoms with Gasteiger partial charge in [-0.05, 0) is 49.9 Å². The molecule has 0 bridgehead atoms. The van der Waals surface area contributed by atoms with E-state index in [1.54, 1.807) is 6.92 Å². The summed E-state index contributed by atoms with van der Waals surface area (Å²) in [5.74, 6) is -0.216. The molecule has 14 heavy (non-hydrogen) atoms. The van der Waals surface area contributed by atoms with Crippen LogP contribution in [0.5, 0.6) is 0 Å². The quantitative estimate of drug-likeness (QED) is 0.881. The Morgan fingerprint density at radius 3 is 2.71 bits per heavy atom. The predicted molar refractivity (Wildman–Crippen MR) is 58.7 cm³/mol. The molecule has 1 N–H and O–H groups in total. The molecule has 0 fully saturated rings. The third-order valence-corrected chi connectivity index (χ3v) is 2.47. The fourth-order valence-electron chi connectivity index (χ4n) is 1.36. The van der Waals surface area contributed by atoms with Crippen molar-refractivity contribution in [2.75, 3.05) is 0 Å². The lowest BCUT2D eigenvalue weighted by Gasteiger charge is -2.04. The molecule has 0 radical (unpaired) electrons. The zero-order valence-electron chi connectivity index (χ0n) is 8.13. The number of halogens is 2. The van der Waals surface area contributed by atoms with Gasteiger partial charge in [0.15, 0.2) is 0 Å². The van der Waals surface area contributed by atoms with E-state index in [2.05, 4.69) is 15.9 Å². The lowest BCUT2D eigenvalue weighted by Crippen LogP contribution is -2.00. The molecule has 0 aliphatic heterocycles. The highest BCUT2D eigenvalue weighted by atomic mass is 79.9. The van der Waals surface area contributed by atoms with Crippen LogP contribution >= 0.6 is 15.9 Å². The van der Waals surface area contributed by atoms with Gasteiger partial charge in [0.05, 0.1) is 6.10 Å². The Morgan fingerprint density at radius 1 is 1.43 bits per heavy atom. The molecule has 1 unspecified atom stereocenters. The predicted octanol–water partition coefficient (Wildman–Crippen LogP) is 3.29. The maximum absolute atomic E-state index is 12.9. The lowest BCUT2D eigenvalue weighted by molar-refractivity contribution is 0.181. The van der Waals surface area contributed by atoms with Gasteiger partial charge in [-0.25, -0.2) is 4.39 Å². The summed E-state index contributed by atoms with van der Waals surface area (Å²) in [5.41, 5.74) is 0.970. The molecule has 0 aromatic heterocycles. The summed E-state index contributed by atoms with van der Waals surface area (Å²) >= 11 is 3.24. The van der Waals surface area contributed by atoms with E-state index in [9.17, 15) is 4.39 Å². The average molecular weight is 261 g/mol. The summed E-state index contributed by atoms with van der Waals surface area (Å²) in [5, 5.41) is 9.06. The second-order valence-electron chi connectivity index (χ2n) is 3.52. The minimum Gasteiger partial charge on any atom is -0.393 e. The molecular formula is C11H14BrFO. The first-order valence-corrected chi connectivity index (χ1v) is 5.50. The molecule has 1 aromatic carbocycles. The Bertz CT molecular complexity index is 279. The van der Waals surface area contributed by atoms with Gasteiger partial charge in [0, 0.05) is 4.47 Å². The number of hydrogen-bond donors (Lipinski definition) is 1. The highest BCUT2D eigenvalue weighted by Gasteiger charge is 2.00. The number of aryl methyl sites for hydroxylation is 1. The van der Waals surface area contributed by atoms with Crippen LogP contribution in [0.25, 0.3) is 0 Å². The smallest absolute Gasteiger partial charge is 0.124 e. The van der Waals surface area contributed by atoms with E-state index in [0.29, 0.717) is 0 Å². The summed E-state index contributed by atoms with van der Waals surface area (Å²) in [6.07, 6.45) is 2.18. The van der Waals surface area contributed by atoms with E-state index >= 15 is 0 Å². The van der Waals surface area contributed by atoms with Crippen molar-refractivity contribution in [3.63, 3.8) is 0 Å². The van der Waals surface area contributed by atoms with Crippen LogP contribution in [0.4, 0.5) is 4.39 Å². The molecule has 1 rings (SSSR count). The summed E-state index contributed by atoms with van der Waals surface area (Å²) in [4.78, 5) is 0. The van der Waals surface area contributed by atoms with Gasteiger partial charge in [0.25, 0.3) is 0 Å². The van der Waals surface area contributed by atoms with Crippen molar-refractivity contribution in [2.45, 2.75) is 32.3 Å². The van der Waals surface area contributed by atoms with E-state index in [1.165, 1.54) is 12.1 Å². The Kier molecular flexibility index (Phi) is 4.55. The molecule has 0 heterocycles. The molecule has 0 saturated carbocycles. The monoisotopic (exact) mass is 260 g/mol. The summed E-state index contributed by atoms with van der Waals surface area (Å²) in [6, 6.07) is 4.89. The first kappa shape index (κ1) is 11.7. The molecule has 0 aliphatic rings. The van der Waals surface area contributed by atoms with Crippen LogP contribution in [-0.4, -0.2) is 11.2 Å². The summed E-state index contributed by atoms with van der Waals surface area (Å²) < 4.78 is 13.7. The van der Waals surface area contributed by atoms with Gasteiger partial charge in [-0.15, -0.1) is 0 Å². The molecular weight excluding hydrogens is 247 g/mol. The van der Waals surface area contributed by atoms with Crippen LogP contribution in [0.15, 0.2) is 22.7 Å². The van der Waals surface area contributed by atoms with Gasteiger partial charge in [0.1, 0.15) is 5.82 Å². The normalized spacial score (nSPS) is 12.9. The van der Waals surface area contributed by atoms with Crippen LogP contribution in [-0.2, 0) is 6.42 Å². The van der Waals surface area contributed by atoms with Crippen molar-refractivity contribution in [1.82, 2.24) is 0 Å². The zero-order valence-corrected chi connectivity index (χ0v) is 9.72. The van der Waals surface area contributed by atoms with Gasteiger partial charge in [0.2, 0.25) is 0 Å². The molecule has 3 heteroatoms. The minimum atomic E-state index is -0.271. The fraction of sp³-hybridized carbons (Fsp3) is 0.455. The maximum atomic E-state index is 12.9. The largest absolute Gasteiger partial charge is 0.393 e. The van der Waals surface area contributed by atoms with Gasteiger partial charge in [-0.1, -0.05) is 15.9 Å². The van der Waals surface area contributed by atoms with Crippen molar-refractivity contribution < 1.29 is 9.50 Å². The molecule has 1 atom stereocenters. The van der Waals surface area contributed by atoms with Crippen LogP contribution in [0.1, 0.15) is 25.3 Å². The van der Waals surface area contributed by atoms with Crippen molar-refractivity contribution in [1.29, 1.82) is 0 Å². The van der Waals surface area contributed by atoms with E-state index < -0.39 is 0 Å². The minimum absolute atomic E-state index is 0.216. The first-order valence-electron chi connectivity index (χ1n) is 4.71. The van der Waals surface area contributed by atoms with E-state index in [1.807, 2.05) is 6.07 Å². The van der Waals surface area contributed by atoms with Crippen molar-refractivity contribution in [3.8, 4) is 0 Å². The maximum Gasteiger partial charge on any atom is 0.124 e. The highest BCUT2D eigenvalue weighted by Crippen LogP contribution is 2.16. The number of aliphatic hydroxyl groups is 1. The Hall–Kier alpha value is -0.410. The number of aliphatic hydroxyl groups excluding tert-OH is 1. The SMILES string of the molecule is CC(O)CCCc1cc(F)cc(Br)c1. The molecule has 1 aromatic rings. The van der Waals surface area contributed by atoms with Crippen LogP contribution in [0, 0.1) is 5.82 Å². The van der Waals surface area contributed by atoms with Crippen molar-refractivity contribution in [3.05, 3.63) is 34.1 Å². The number of hydrogen-bond acceptors (Lipinski definition) is 1. The third kappa shape index (κ3) is 4.20. The Balaban J connectivity index is 2.50. The number of rotatable bonds is 4. The zero-order chi connectivity index (χ0) is 10.6. The van der Waals surface area contributed by atoms with E-state index in [-0.39, 0.29) is 11.9 Å². The lowest BCUT2D eigenvalue weighted by atomic mass is 10.1. The van der Waals surface area contributed by atoms with Crippen LogP contribution in [0.2, 0.25) is 0 Å². The van der Waals surface area contributed by atoms with Crippen molar-refractivity contribution >= 4 is 15.9 Å². The van der Waals surface area contributed by atoms with Gasteiger partial charge in [-0.3, -0.25) is 0 Å². The molecule has 0 spiro atoms. The van der Waals surface area contributed by atoms with Crippen LogP contribution in [0.3, 0.4) is 0 Å². The summed E-state index contributed by atoms with van der Waals surface area (Å²) in [7, 11) is 0. The van der Waals surface area contributed by atoms with Gasteiger partial charge < -0.3 is 5.11 Å². The van der Waals surface area contributed by atoms with Crippen molar-refractivity contribution in [2.24, 2.45) is 0 Å². The van der Waals surface area contributed by atoms with Crippen LogP contribution < -0.4 is 0 Å². The first-order chi connectivity index (χ1) is 6.58. The van der Waals surface area contributed by atoms with Gasteiger partial charge in [-0.2, -0.15) is 0 Å². The third-order valence-electron chi connectivity index (χ3n) is 2.01. The van der Waals surface area contributed by atoms with E-state index in [0.717, 1.165) is 29.3 Å². The highest BCUT2D eigenvalue weighted by molar-refractivity contribution is 9.10. The molecule has 0 saturated heterocycles. The second kappa shape index (κ2) is 5.47. The summed E-state index contributed by atoms with van der Waals surface area (Å²) in [6.45, 7) is 1.77. The molecule has 1 nitrogen and oxygen atoms in total. The van der Waals surface area contributed by atoms with E-state index in [4.69, 9.17) is 5.11 Å². The topological polar surface area (TPSA) is 20.2 Å². The Morgan fingerprint density at radius 2 is 2.14 bits per heavy atom. The molecule has 78 valence electrons.